The number of hydrogen-bond acceptors (Lipinski definition) is 4. The van der Waals surface area contributed by atoms with E-state index < -0.39 is 0 Å². The summed E-state index contributed by atoms with van der Waals surface area (Å²) in [7, 11) is 0. The van der Waals surface area contributed by atoms with E-state index >= 15 is 0 Å². The number of ketones is 1. The van der Waals surface area contributed by atoms with E-state index in [1.807, 2.05) is 19.2 Å². The van der Waals surface area contributed by atoms with Crippen LogP contribution < -0.4 is 0 Å². The summed E-state index contributed by atoms with van der Waals surface area (Å²) in [5.74, 6) is 0.359. The van der Waals surface area contributed by atoms with Crippen LogP contribution in [0.5, 0.6) is 0 Å². The molecule has 3 nitrogen and oxygen atoms in total. The Hall–Kier alpha value is -0.740. The number of carbonyl (C=O) groups is 1. The zero-order valence-corrected chi connectivity index (χ0v) is 9.84. The molecule has 2 atom stereocenters. The Bertz CT molecular complexity index is 361. The Balaban J connectivity index is 1.92. The average molecular weight is 225 g/mol. The van der Waals surface area contributed by atoms with E-state index in [4.69, 9.17) is 4.74 Å². The number of carbonyl (C=O) groups excluding carboxylic acids is 1. The molecular weight excluding hydrogens is 210 g/mol. The number of Topliss-reactive ketones (excluding diaryl/α,β-unsaturated/α-hetero) is 1. The molecule has 1 aromatic heterocycles. The number of ether oxygens (including phenoxy) is 1. The lowest BCUT2D eigenvalue weighted by molar-refractivity contribution is -0.122. The van der Waals surface area contributed by atoms with Crippen LogP contribution in [0.1, 0.15) is 24.0 Å². The number of hydrogen-bond donors (Lipinski definition) is 0. The monoisotopic (exact) mass is 225 g/mol. The van der Waals surface area contributed by atoms with E-state index in [1.165, 1.54) is 0 Å². The molecule has 1 saturated heterocycles. The van der Waals surface area contributed by atoms with Gasteiger partial charge in [-0.2, -0.15) is 0 Å². The minimum Gasteiger partial charge on any atom is -0.378 e. The van der Waals surface area contributed by atoms with Gasteiger partial charge >= 0.3 is 0 Å². The minimum atomic E-state index is 0.0872. The zero-order valence-electron chi connectivity index (χ0n) is 9.03. The molecule has 1 fully saturated rings. The van der Waals surface area contributed by atoms with Crippen LogP contribution in [0.15, 0.2) is 5.38 Å². The van der Waals surface area contributed by atoms with Crippen LogP contribution in [0.4, 0.5) is 0 Å². The fraction of sp³-hybridized carbons (Fsp3) is 0.636. The highest BCUT2D eigenvalue weighted by atomic mass is 32.1. The van der Waals surface area contributed by atoms with E-state index in [0.29, 0.717) is 13.0 Å². The standard InChI is InChI=1S/C11H15NO2S/c1-7-6-15-11(12-7)4-10(13)9-3-8(2)14-5-9/h6,8-9H,3-5H2,1-2H3. The van der Waals surface area contributed by atoms with Gasteiger partial charge in [0.15, 0.2) is 0 Å². The van der Waals surface area contributed by atoms with Gasteiger partial charge in [0.05, 0.1) is 19.1 Å². The first-order chi connectivity index (χ1) is 7.15. The molecule has 1 aromatic rings. The fourth-order valence-electron chi connectivity index (χ4n) is 1.82. The van der Waals surface area contributed by atoms with Crippen molar-refractivity contribution in [2.24, 2.45) is 5.92 Å². The molecule has 4 heteroatoms. The summed E-state index contributed by atoms with van der Waals surface area (Å²) in [6.07, 6.45) is 1.57. The zero-order chi connectivity index (χ0) is 10.8. The van der Waals surface area contributed by atoms with Gasteiger partial charge in [0.2, 0.25) is 0 Å². The molecule has 0 saturated carbocycles. The Morgan fingerprint density at radius 2 is 2.53 bits per heavy atom. The SMILES string of the molecule is Cc1csc(CC(=O)C2COC(C)C2)n1. The maximum Gasteiger partial charge on any atom is 0.145 e. The molecule has 0 bridgehead atoms. The van der Waals surface area contributed by atoms with Crippen molar-refractivity contribution in [2.45, 2.75) is 32.8 Å². The molecule has 0 N–H and O–H groups in total. The Kier molecular flexibility index (Phi) is 3.17. The maximum absolute atomic E-state index is 11.9. The van der Waals surface area contributed by atoms with Crippen molar-refractivity contribution < 1.29 is 9.53 Å². The van der Waals surface area contributed by atoms with Gasteiger partial charge in [-0.05, 0) is 20.3 Å². The van der Waals surface area contributed by atoms with Gasteiger partial charge in [0.1, 0.15) is 10.8 Å². The van der Waals surface area contributed by atoms with Crippen molar-refractivity contribution in [3.05, 3.63) is 16.1 Å². The summed E-state index contributed by atoms with van der Waals surface area (Å²) in [5, 5.41) is 2.91. The summed E-state index contributed by atoms with van der Waals surface area (Å²) < 4.78 is 5.39. The summed E-state index contributed by atoms with van der Waals surface area (Å²) in [5.41, 5.74) is 0.999. The third-order valence-corrected chi connectivity index (χ3v) is 3.61. The molecule has 15 heavy (non-hydrogen) atoms. The highest BCUT2D eigenvalue weighted by Crippen LogP contribution is 2.22. The second-order valence-corrected chi connectivity index (χ2v) is 5.04. The van der Waals surface area contributed by atoms with Crippen LogP contribution in [0, 0.1) is 12.8 Å². The molecule has 0 aliphatic carbocycles. The highest BCUT2D eigenvalue weighted by molar-refractivity contribution is 7.09. The van der Waals surface area contributed by atoms with E-state index in [0.717, 1.165) is 17.1 Å². The third kappa shape index (κ3) is 2.63. The maximum atomic E-state index is 11.9. The van der Waals surface area contributed by atoms with Crippen LogP contribution in [-0.4, -0.2) is 23.5 Å². The number of aryl methyl sites for hydroxylation is 1. The third-order valence-electron chi connectivity index (χ3n) is 2.65. The molecule has 2 heterocycles. The second kappa shape index (κ2) is 4.41. The Labute approximate surface area is 93.5 Å². The Morgan fingerprint density at radius 1 is 1.73 bits per heavy atom. The molecule has 1 aliphatic heterocycles. The quantitative estimate of drug-likeness (QED) is 0.789. The molecule has 2 rings (SSSR count). The van der Waals surface area contributed by atoms with Gasteiger partial charge in [0.25, 0.3) is 0 Å². The normalized spacial score (nSPS) is 25.7. The molecule has 0 radical (unpaired) electrons. The van der Waals surface area contributed by atoms with E-state index in [9.17, 15) is 4.79 Å². The van der Waals surface area contributed by atoms with Crippen molar-refractivity contribution >= 4 is 17.1 Å². The first kappa shape index (κ1) is 10.8. The summed E-state index contributed by atoms with van der Waals surface area (Å²) in [6, 6.07) is 0. The largest absolute Gasteiger partial charge is 0.378 e. The van der Waals surface area contributed by atoms with Gasteiger partial charge < -0.3 is 4.74 Å². The molecule has 1 aliphatic rings. The van der Waals surface area contributed by atoms with Gasteiger partial charge in [-0.15, -0.1) is 11.3 Å². The highest BCUT2D eigenvalue weighted by Gasteiger charge is 2.28. The van der Waals surface area contributed by atoms with Crippen LogP contribution in [0.2, 0.25) is 0 Å². The second-order valence-electron chi connectivity index (χ2n) is 4.10. The minimum absolute atomic E-state index is 0.0872. The summed E-state index contributed by atoms with van der Waals surface area (Å²) >= 11 is 1.56. The van der Waals surface area contributed by atoms with E-state index in [-0.39, 0.29) is 17.8 Å². The van der Waals surface area contributed by atoms with Gasteiger partial charge in [-0.25, -0.2) is 4.98 Å². The molecule has 0 aromatic carbocycles. The lowest BCUT2D eigenvalue weighted by atomic mass is 9.99. The predicted octanol–water partition coefficient (Wildman–Crippen LogP) is 1.99. The lowest BCUT2D eigenvalue weighted by Gasteiger charge is -2.03. The van der Waals surface area contributed by atoms with Crippen LogP contribution in [0.25, 0.3) is 0 Å². The topological polar surface area (TPSA) is 39.2 Å². The van der Waals surface area contributed by atoms with E-state index in [1.54, 1.807) is 11.3 Å². The smallest absolute Gasteiger partial charge is 0.145 e. The molecule has 2 unspecified atom stereocenters. The lowest BCUT2D eigenvalue weighted by Crippen LogP contribution is -2.16. The van der Waals surface area contributed by atoms with Crippen molar-refractivity contribution in [3.63, 3.8) is 0 Å². The van der Waals surface area contributed by atoms with Crippen LogP contribution in [0.3, 0.4) is 0 Å². The van der Waals surface area contributed by atoms with Gasteiger partial charge in [0, 0.05) is 17.0 Å². The van der Waals surface area contributed by atoms with Crippen LogP contribution in [-0.2, 0) is 16.0 Å². The summed E-state index contributed by atoms with van der Waals surface area (Å²) in [4.78, 5) is 16.2. The van der Waals surface area contributed by atoms with Crippen molar-refractivity contribution in [2.75, 3.05) is 6.61 Å². The first-order valence-corrected chi connectivity index (χ1v) is 6.08. The Morgan fingerprint density at radius 3 is 3.07 bits per heavy atom. The number of thiazole rings is 1. The number of nitrogens with zero attached hydrogens (tertiary/aromatic N) is 1. The van der Waals surface area contributed by atoms with Gasteiger partial charge in [-0.3, -0.25) is 4.79 Å². The summed E-state index contributed by atoms with van der Waals surface area (Å²) in [6.45, 7) is 4.55. The van der Waals surface area contributed by atoms with Crippen molar-refractivity contribution in [1.29, 1.82) is 0 Å². The van der Waals surface area contributed by atoms with E-state index in [2.05, 4.69) is 4.98 Å². The predicted molar refractivity (Wildman–Crippen MR) is 59.1 cm³/mol. The first-order valence-electron chi connectivity index (χ1n) is 5.20. The molecule has 82 valence electrons. The van der Waals surface area contributed by atoms with Crippen molar-refractivity contribution in [1.82, 2.24) is 4.98 Å². The average Bonchev–Trinajstić information content (AvgIpc) is 2.75. The molecule has 0 amide bonds. The van der Waals surface area contributed by atoms with Crippen LogP contribution >= 0.6 is 11.3 Å². The van der Waals surface area contributed by atoms with Crippen molar-refractivity contribution in [3.8, 4) is 0 Å². The van der Waals surface area contributed by atoms with Gasteiger partial charge in [-0.1, -0.05) is 0 Å². The molecular formula is C11H15NO2S. The number of aromatic nitrogens is 1. The fourth-order valence-corrected chi connectivity index (χ4v) is 2.60. The molecule has 0 spiro atoms. The number of rotatable bonds is 3.